The van der Waals surface area contributed by atoms with E-state index in [2.05, 4.69) is 16.6 Å². The molecule has 4 aliphatic rings. The molecule has 0 saturated carbocycles. The molecule has 40 heavy (non-hydrogen) atoms. The molecule has 1 aromatic heterocycles. The highest BCUT2D eigenvalue weighted by Gasteiger charge is 2.68. The van der Waals surface area contributed by atoms with Crippen molar-refractivity contribution in [1.82, 2.24) is 5.43 Å². The van der Waals surface area contributed by atoms with Crippen LogP contribution in [0.15, 0.2) is 94.4 Å². The number of hydrogen-bond donors (Lipinski definition) is 1. The molecule has 1 saturated heterocycles. The number of hydrogen-bond acceptors (Lipinski definition) is 6. The van der Waals surface area contributed by atoms with Crippen LogP contribution in [0.3, 0.4) is 0 Å². The van der Waals surface area contributed by atoms with Gasteiger partial charge < -0.3 is 4.42 Å². The van der Waals surface area contributed by atoms with Gasteiger partial charge in [0, 0.05) is 12.1 Å². The number of hydrazone groups is 1. The predicted molar refractivity (Wildman–Crippen MR) is 146 cm³/mol. The molecule has 194 valence electrons. The SMILES string of the molecule is Cc1ccc(C(=O)N/N=C\C23c4ccccc4C(c4ccccc42)[C@@H]2C(=O)N(c4ccccc4C#N)C(=O)[C@@H]23)o1. The molecule has 8 rings (SSSR count). The number of rotatable bonds is 4. The van der Waals surface area contributed by atoms with E-state index in [1.165, 1.54) is 4.90 Å². The van der Waals surface area contributed by atoms with Gasteiger partial charge in [0.1, 0.15) is 11.8 Å². The minimum atomic E-state index is -1.14. The van der Waals surface area contributed by atoms with Crippen LogP contribution in [0.5, 0.6) is 0 Å². The molecule has 2 atom stereocenters. The van der Waals surface area contributed by atoms with Crippen molar-refractivity contribution in [3.8, 4) is 6.07 Å². The molecule has 2 bridgehead atoms. The zero-order valence-electron chi connectivity index (χ0n) is 21.4. The van der Waals surface area contributed by atoms with E-state index in [1.54, 1.807) is 49.5 Å². The summed E-state index contributed by atoms with van der Waals surface area (Å²) in [6.45, 7) is 1.74. The van der Waals surface area contributed by atoms with E-state index < -0.39 is 29.1 Å². The first-order valence-electron chi connectivity index (χ1n) is 12.9. The van der Waals surface area contributed by atoms with E-state index in [9.17, 15) is 19.6 Å². The number of nitrogens with zero attached hydrogens (tertiary/aromatic N) is 3. The number of carbonyl (C=O) groups is 3. The first kappa shape index (κ1) is 23.8. The summed E-state index contributed by atoms with van der Waals surface area (Å²) in [6, 6.07) is 27.5. The van der Waals surface area contributed by atoms with Crippen LogP contribution in [0, 0.1) is 30.1 Å². The zero-order chi connectivity index (χ0) is 27.6. The van der Waals surface area contributed by atoms with Crippen LogP contribution in [-0.4, -0.2) is 23.9 Å². The van der Waals surface area contributed by atoms with Crippen molar-refractivity contribution in [3.63, 3.8) is 0 Å². The summed E-state index contributed by atoms with van der Waals surface area (Å²) in [6.07, 6.45) is 1.59. The number of amides is 3. The molecule has 1 N–H and O–H groups in total. The lowest BCUT2D eigenvalue weighted by atomic mass is 9.47. The minimum absolute atomic E-state index is 0.115. The van der Waals surface area contributed by atoms with Crippen molar-refractivity contribution in [2.75, 3.05) is 4.90 Å². The molecule has 3 aromatic carbocycles. The second-order valence-corrected chi connectivity index (χ2v) is 10.3. The smallest absolute Gasteiger partial charge is 0.307 e. The van der Waals surface area contributed by atoms with Crippen LogP contribution in [0.4, 0.5) is 5.69 Å². The van der Waals surface area contributed by atoms with Crippen molar-refractivity contribution in [2.24, 2.45) is 16.9 Å². The van der Waals surface area contributed by atoms with Crippen molar-refractivity contribution in [3.05, 3.63) is 124 Å². The Kier molecular flexibility index (Phi) is 5.12. The van der Waals surface area contributed by atoms with Crippen molar-refractivity contribution in [1.29, 1.82) is 5.26 Å². The Hall–Kier alpha value is -5.29. The van der Waals surface area contributed by atoms with E-state index in [1.807, 2.05) is 48.5 Å². The molecule has 3 amide bonds. The van der Waals surface area contributed by atoms with Crippen LogP contribution >= 0.6 is 0 Å². The van der Waals surface area contributed by atoms with Gasteiger partial charge in [0.15, 0.2) is 5.76 Å². The lowest BCUT2D eigenvalue weighted by molar-refractivity contribution is -0.122. The maximum absolute atomic E-state index is 14.4. The molecular formula is C32H22N4O4. The number of benzene rings is 3. The van der Waals surface area contributed by atoms with E-state index in [-0.39, 0.29) is 28.8 Å². The first-order valence-corrected chi connectivity index (χ1v) is 12.9. The highest BCUT2D eigenvalue weighted by atomic mass is 16.3. The number of nitrogens with one attached hydrogen (secondary N) is 1. The predicted octanol–water partition coefficient (Wildman–Crippen LogP) is 4.43. The number of imide groups is 1. The van der Waals surface area contributed by atoms with Crippen molar-refractivity contribution >= 4 is 29.6 Å². The van der Waals surface area contributed by atoms with Gasteiger partial charge in [0.05, 0.1) is 28.5 Å². The number of anilines is 1. The highest BCUT2D eigenvalue weighted by Crippen LogP contribution is 2.63. The average Bonchev–Trinajstić information content (AvgIpc) is 3.54. The van der Waals surface area contributed by atoms with Gasteiger partial charge in [-0.15, -0.1) is 0 Å². The lowest BCUT2D eigenvalue weighted by Crippen LogP contribution is -2.54. The summed E-state index contributed by atoms with van der Waals surface area (Å²) in [4.78, 5) is 42.5. The minimum Gasteiger partial charge on any atom is -0.456 e. The Balaban J connectivity index is 1.43. The highest BCUT2D eigenvalue weighted by molar-refractivity contribution is 6.25. The van der Waals surface area contributed by atoms with Crippen molar-refractivity contribution in [2.45, 2.75) is 18.3 Å². The summed E-state index contributed by atoms with van der Waals surface area (Å²) in [5.74, 6) is -2.44. The number of aryl methyl sites for hydroxylation is 1. The number of nitriles is 1. The van der Waals surface area contributed by atoms with E-state index >= 15 is 0 Å². The Morgan fingerprint density at radius 2 is 1.60 bits per heavy atom. The maximum Gasteiger partial charge on any atom is 0.307 e. The number of furan rings is 1. The fourth-order valence-corrected chi connectivity index (χ4v) is 6.85. The topological polar surface area (TPSA) is 116 Å². The Labute approximate surface area is 229 Å². The van der Waals surface area contributed by atoms with E-state index in [4.69, 9.17) is 4.42 Å². The van der Waals surface area contributed by atoms with Gasteiger partial charge in [-0.05, 0) is 53.4 Å². The normalized spacial score (nSPS) is 24.0. The molecule has 1 aliphatic heterocycles. The van der Waals surface area contributed by atoms with Gasteiger partial charge >= 0.3 is 5.91 Å². The summed E-state index contributed by atoms with van der Waals surface area (Å²) >= 11 is 0. The second kappa shape index (κ2) is 8.61. The van der Waals surface area contributed by atoms with Crippen LogP contribution in [0.25, 0.3) is 0 Å². The molecular weight excluding hydrogens is 504 g/mol. The summed E-state index contributed by atoms with van der Waals surface area (Å²) in [5, 5.41) is 14.1. The average molecular weight is 527 g/mol. The molecule has 1 fully saturated rings. The van der Waals surface area contributed by atoms with E-state index in [0.717, 1.165) is 22.3 Å². The fourth-order valence-electron chi connectivity index (χ4n) is 6.85. The zero-order valence-corrected chi connectivity index (χ0v) is 21.4. The molecule has 0 unspecified atom stereocenters. The molecule has 3 aliphatic carbocycles. The second-order valence-electron chi connectivity index (χ2n) is 10.3. The molecule has 0 spiro atoms. The third kappa shape index (κ3) is 3.06. The van der Waals surface area contributed by atoms with Crippen molar-refractivity contribution < 1.29 is 18.8 Å². The largest absolute Gasteiger partial charge is 0.456 e. The van der Waals surface area contributed by atoms with Gasteiger partial charge in [0.25, 0.3) is 0 Å². The maximum atomic E-state index is 14.4. The Bertz CT molecular complexity index is 1770. The molecule has 8 nitrogen and oxygen atoms in total. The van der Waals surface area contributed by atoms with Gasteiger partial charge in [-0.3, -0.25) is 14.4 Å². The fraction of sp³-hybridized carbons (Fsp3) is 0.156. The third-order valence-electron chi connectivity index (χ3n) is 8.35. The van der Waals surface area contributed by atoms with Crippen LogP contribution < -0.4 is 10.3 Å². The Morgan fingerprint density at radius 1 is 0.950 bits per heavy atom. The molecule has 0 radical (unpaired) electrons. The summed E-state index contributed by atoms with van der Waals surface area (Å²) in [7, 11) is 0. The third-order valence-corrected chi connectivity index (χ3v) is 8.35. The lowest BCUT2D eigenvalue weighted by Gasteiger charge is -2.52. The summed E-state index contributed by atoms with van der Waals surface area (Å²) < 4.78 is 5.43. The summed E-state index contributed by atoms with van der Waals surface area (Å²) in [5.41, 5.74) is 5.54. The molecule has 2 heterocycles. The quantitative estimate of drug-likeness (QED) is 0.240. The van der Waals surface area contributed by atoms with Gasteiger partial charge in [-0.2, -0.15) is 10.4 Å². The molecule has 8 heteroatoms. The number of carbonyl (C=O) groups excluding carboxylic acids is 3. The standard InChI is InChI=1S/C32H22N4O4/c1-18-14-15-25(40-18)29(37)35-34-17-32-22-11-5-3-9-20(22)26(21-10-4-6-12-23(21)32)27-28(32)31(39)36(30(27)38)24-13-7-2-8-19(24)16-33/h2-15,17,26-28H,1H3,(H,35,37)/b34-17-/t26?,27-,28+,32?/m0/s1. The molecule has 4 aromatic rings. The Morgan fingerprint density at radius 3 is 2.25 bits per heavy atom. The van der Waals surface area contributed by atoms with E-state index in [0.29, 0.717) is 5.76 Å². The van der Waals surface area contributed by atoms with Crippen LogP contribution in [0.2, 0.25) is 0 Å². The van der Waals surface area contributed by atoms with Crippen LogP contribution in [-0.2, 0) is 15.0 Å². The van der Waals surface area contributed by atoms with Crippen LogP contribution in [0.1, 0.15) is 50.1 Å². The van der Waals surface area contributed by atoms with Gasteiger partial charge in [-0.1, -0.05) is 60.7 Å². The van der Waals surface area contributed by atoms with Gasteiger partial charge in [0.2, 0.25) is 11.8 Å². The number of para-hydroxylation sites is 1. The van der Waals surface area contributed by atoms with Gasteiger partial charge in [-0.25, -0.2) is 10.3 Å². The first-order chi connectivity index (χ1) is 19.5. The monoisotopic (exact) mass is 526 g/mol.